The van der Waals surface area contributed by atoms with Gasteiger partial charge in [0.25, 0.3) is 0 Å². The Kier molecular flexibility index (Phi) is 8.33. The van der Waals surface area contributed by atoms with Gasteiger partial charge < -0.3 is 15.2 Å². The molecule has 0 spiro atoms. The Bertz CT molecular complexity index is 464. The summed E-state index contributed by atoms with van der Waals surface area (Å²) in [5.74, 6) is 0.670. The molecule has 0 aromatic carbocycles. The second-order valence-corrected chi connectivity index (χ2v) is 6.21. The lowest BCUT2D eigenvalue weighted by Gasteiger charge is -2.35. The van der Waals surface area contributed by atoms with Crippen LogP contribution < -0.4 is 5.73 Å². The lowest BCUT2D eigenvalue weighted by atomic mass is 9.99. The van der Waals surface area contributed by atoms with E-state index >= 15 is 0 Å². The summed E-state index contributed by atoms with van der Waals surface area (Å²) < 4.78 is 4.85. The van der Waals surface area contributed by atoms with E-state index in [1.807, 2.05) is 11.0 Å². The van der Waals surface area contributed by atoms with E-state index in [-0.39, 0.29) is 36.8 Å². The van der Waals surface area contributed by atoms with Crippen LogP contribution in [-0.2, 0) is 11.3 Å². The molecule has 1 saturated heterocycles. The third-order valence-corrected chi connectivity index (χ3v) is 4.76. The molecular formula is C15H26Cl2N4O2. The van der Waals surface area contributed by atoms with E-state index < -0.39 is 0 Å². The molecule has 6 nitrogen and oxygen atoms in total. The second-order valence-electron chi connectivity index (χ2n) is 6.21. The third kappa shape index (κ3) is 5.35. The number of hydrogen-bond acceptors (Lipinski definition) is 5. The Morgan fingerprint density at radius 2 is 2.00 bits per heavy atom. The Morgan fingerprint density at radius 3 is 2.57 bits per heavy atom. The highest BCUT2D eigenvalue weighted by Crippen LogP contribution is 2.27. The minimum atomic E-state index is 0. The predicted molar refractivity (Wildman–Crippen MR) is 92.8 cm³/mol. The van der Waals surface area contributed by atoms with Crippen LogP contribution in [0.4, 0.5) is 0 Å². The van der Waals surface area contributed by atoms with Crippen molar-refractivity contribution in [1.82, 2.24) is 15.0 Å². The molecule has 8 heteroatoms. The molecule has 1 saturated carbocycles. The molecule has 1 aromatic rings. The van der Waals surface area contributed by atoms with E-state index in [9.17, 15) is 4.79 Å². The number of nitrogens with two attached hydrogens (primary N) is 1. The molecule has 2 aliphatic rings. The summed E-state index contributed by atoms with van der Waals surface area (Å²) in [6.45, 7) is 4.20. The first-order chi connectivity index (χ1) is 10.2. The number of halogens is 2. The molecule has 132 valence electrons. The monoisotopic (exact) mass is 364 g/mol. The highest BCUT2D eigenvalue weighted by atomic mass is 35.5. The number of nitrogens with zero attached hydrogens (tertiary/aromatic N) is 3. The topological polar surface area (TPSA) is 75.6 Å². The predicted octanol–water partition coefficient (Wildman–Crippen LogP) is 1.68. The number of carbonyl (C=O) groups excluding carboxylic acids is 1. The van der Waals surface area contributed by atoms with E-state index in [0.717, 1.165) is 51.3 Å². The number of piperazine rings is 1. The zero-order valence-electron chi connectivity index (χ0n) is 13.2. The van der Waals surface area contributed by atoms with Crippen molar-refractivity contribution in [3.8, 4) is 0 Å². The maximum Gasteiger partial charge on any atom is 0.222 e. The summed E-state index contributed by atoms with van der Waals surface area (Å²) in [4.78, 5) is 16.6. The van der Waals surface area contributed by atoms with E-state index in [1.54, 1.807) is 6.26 Å². The maximum absolute atomic E-state index is 12.3. The van der Waals surface area contributed by atoms with Crippen molar-refractivity contribution < 1.29 is 9.32 Å². The first-order valence-electron chi connectivity index (χ1n) is 7.87. The van der Waals surface area contributed by atoms with Gasteiger partial charge in [0, 0.05) is 51.3 Å². The number of amides is 1. The summed E-state index contributed by atoms with van der Waals surface area (Å²) in [7, 11) is 0. The van der Waals surface area contributed by atoms with Gasteiger partial charge in [0.05, 0.1) is 5.69 Å². The zero-order valence-corrected chi connectivity index (χ0v) is 14.9. The largest absolute Gasteiger partial charge is 0.364 e. The van der Waals surface area contributed by atoms with Crippen molar-refractivity contribution in [1.29, 1.82) is 0 Å². The summed E-state index contributed by atoms with van der Waals surface area (Å²) in [5.41, 5.74) is 7.01. The lowest BCUT2D eigenvalue weighted by molar-refractivity contribution is -0.134. The minimum Gasteiger partial charge on any atom is -0.364 e. The molecule has 23 heavy (non-hydrogen) atoms. The van der Waals surface area contributed by atoms with Gasteiger partial charge in [-0.1, -0.05) is 11.6 Å². The van der Waals surface area contributed by atoms with Gasteiger partial charge in [-0.3, -0.25) is 9.69 Å². The van der Waals surface area contributed by atoms with Gasteiger partial charge in [0.2, 0.25) is 5.91 Å². The van der Waals surface area contributed by atoms with Crippen LogP contribution in [0.2, 0.25) is 0 Å². The van der Waals surface area contributed by atoms with Crippen LogP contribution in [0, 0.1) is 5.92 Å². The van der Waals surface area contributed by atoms with Crippen LogP contribution in [0.1, 0.15) is 31.4 Å². The Labute approximate surface area is 149 Å². The van der Waals surface area contributed by atoms with Crippen molar-refractivity contribution in [3.05, 3.63) is 18.0 Å². The molecule has 2 heterocycles. The fourth-order valence-corrected chi connectivity index (χ4v) is 3.38. The van der Waals surface area contributed by atoms with Crippen molar-refractivity contribution in [2.75, 3.05) is 26.2 Å². The Hall–Kier alpha value is -0.820. The minimum absolute atomic E-state index is 0. The summed E-state index contributed by atoms with van der Waals surface area (Å²) in [6.07, 6.45) is 5.58. The zero-order chi connectivity index (χ0) is 14.7. The van der Waals surface area contributed by atoms with Crippen LogP contribution in [0.15, 0.2) is 16.9 Å². The van der Waals surface area contributed by atoms with Crippen LogP contribution >= 0.6 is 24.8 Å². The average Bonchev–Trinajstić information content (AvgIpc) is 3.12. The van der Waals surface area contributed by atoms with Crippen LogP contribution in [0.3, 0.4) is 0 Å². The molecule has 1 aromatic heterocycles. The third-order valence-electron chi connectivity index (χ3n) is 4.76. The quantitative estimate of drug-likeness (QED) is 0.879. The molecule has 0 radical (unpaired) electrons. The van der Waals surface area contributed by atoms with Crippen LogP contribution in [-0.4, -0.2) is 53.1 Å². The molecule has 3 rings (SSSR count). The van der Waals surface area contributed by atoms with Gasteiger partial charge >= 0.3 is 0 Å². The normalized spacial score (nSPS) is 24.8. The number of carbonyl (C=O) groups is 1. The number of hydrogen-bond donors (Lipinski definition) is 1. The molecule has 0 bridgehead atoms. The van der Waals surface area contributed by atoms with E-state index in [4.69, 9.17) is 10.3 Å². The summed E-state index contributed by atoms with van der Waals surface area (Å²) in [5, 5.41) is 3.93. The fourth-order valence-electron chi connectivity index (χ4n) is 3.38. The molecule has 1 aliphatic heterocycles. The Morgan fingerprint density at radius 1 is 1.26 bits per heavy atom. The van der Waals surface area contributed by atoms with Gasteiger partial charge in [0.15, 0.2) is 0 Å². The van der Waals surface area contributed by atoms with Crippen LogP contribution in [0.25, 0.3) is 0 Å². The highest BCUT2D eigenvalue weighted by Gasteiger charge is 2.29. The molecular weight excluding hydrogens is 339 g/mol. The first-order valence-corrected chi connectivity index (χ1v) is 7.87. The summed E-state index contributed by atoms with van der Waals surface area (Å²) in [6, 6.07) is 2.11. The van der Waals surface area contributed by atoms with Gasteiger partial charge in [-0.05, 0) is 18.8 Å². The Balaban J connectivity index is 0.00000132. The van der Waals surface area contributed by atoms with Gasteiger partial charge in [0.1, 0.15) is 6.26 Å². The van der Waals surface area contributed by atoms with Crippen molar-refractivity contribution in [2.45, 2.75) is 38.3 Å². The molecule has 2 atom stereocenters. The van der Waals surface area contributed by atoms with E-state index in [0.29, 0.717) is 12.3 Å². The van der Waals surface area contributed by atoms with Gasteiger partial charge in [-0.2, -0.15) is 0 Å². The molecule has 2 fully saturated rings. The molecule has 2 N–H and O–H groups in total. The first kappa shape index (κ1) is 20.2. The number of rotatable bonds is 4. The highest BCUT2D eigenvalue weighted by molar-refractivity contribution is 5.85. The van der Waals surface area contributed by atoms with Gasteiger partial charge in [-0.15, -0.1) is 24.8 Å². The maximum atomic E-state index is 12.3. The smallest absolute Gasteiger partial charge is 0.222 e. The fraction of sp³-hybridized carbons (Fsp3) is 0.733. The van der Waals surface area contributed by atoms with Crippen molar-refractivity contribution in [3.63, 3.8) is 0 Å². The molecule has 1 amide bonds. The number of aromatic nitrogens is 1. The van der Waals surface area contributed by atoms with E-state index in [1.165, 1.54) is 6.42 Å². The average molecular weight is 365 g/mol. The van der Waals surface area contributed by atoms with Crippen LogP contribution in [0.5, 0.6) is 0 Å². The lowest BCUT2D eigenvalue weighted by Crippen LogP contribution is -2.49. The standard InChI is InChI=1S/C15H24N4O2.2ClH/c16-14-3-1-2-12(14)10-15(20)19-7-5-18(6-8-19)11-13-4-9-21-17-13;;/h4,9,12,14H,1-3,5-8,10-11,16H2;2*1H/t12-,14+;;/m0../s1. The molecule has 0 unspecified atom stereocenters. The van der Waals surface area contributed by atoms with Crippen molar-refractivity contribution >= 4 is 30.7 Å². The molecule has 1 aliphatic carbocycles. The summed E-state index contributed by atoms with van der Waals surface area (Å²) >= 11 is 0. The van der Waals surface area contributed by atoms with Gasteiger partial charge in [-0.25, -0.2) is 0 Å². The van der Waals surface area contributed by atoms with Crippen molar-refractivity contribution in [2.24, 2.45) is 11.7 Å². The second kappa shape index (κ2) is 9.47. The van der Waals surface area contributed by atoms with E-state index in [2.05, 4.69) is 10.1 Å². The SMILES string of the molecule is Cl.Cl.N[C@@H]1CCC[C@H]1CC(=O)N1CCN(Cc2ccon2)CC1.